The van der Waals surface area contributed by atoms with E-state index in [0.29, 0.717) is 39.0 Å². The van der Waals surface area contributed by atoms with Gasteiger partial charge < -0.3 is 19.5 Å². The van der Waals surface area contributed by atoms with Gasteiger partial charge in [-0.15, -0.1) is 0 Å². The molecule has 3 amide bonds. The Labute approximate surface area is 170 Å². The molecule has 0 radical (unpaired) electrons. The van der Waals surface area contributed by atoms with Gasteiger partial charge in [0.2, 0.25) is 11.9 Å². The number of carbonyl (C=O) groups is 2. The lowest BCUT2D eigenvalue weighted by molar-refractivity contribution is -0.118. The van der Waals surface area contributed by atoms with Gasteiger partial charge in [-0.2, -0.15) is 0 Å². The minimum Gasteiger partial charge on any atom is -0.378 e. The molecule has 1 aromatic rings. The molecule has 3 rings (SSSR count). The third kappa shape index (κ3) is 6.17. The SMILES string of the molecule is CC(CS(=O)(=O)CCCCCN1CC(=O)NC1=O)c1cnc(N2CCOCC2)[nH]1. The molecular formula is C18H29N5O5S. The van der Waals surface area contributed by atoms with Crippen molar-refractivity contribution in [2.45, 2.75) is 32.1 Å². The average molecular weight is 428 g/mol. The standard InChI is InChI=1S/C18H29N5O5S/c1-14(15-11-19-17(20-15)22-6-8-28-9-7-22)13-29(26,27)10-4-2-3-5-23-12-16(24)21-18(23)25/h11,14H,2-10,12-13H2,1H3,(H,19,20)(H,21,24,25). The Morgan fingerprint density at radius 3 is 2.66 bits per heavy atom. The molecule has 2 N–H and O–H groups in total. The van der Waals surface area contributed by atoms with Crippen LogP contribution in [0.4, 0.5) is 10.7 Å². The molecule has 162 valence electrons. The highest BCUT2D eigenvalue weighted by molar-refractivity contribution is 7.91. The molecule has 11 heteroatoms. The van der Waals surface area contributed by atoms with E-state index >= 15 is 0 Å². The first-order valence-electron chi connectivity index (χ1n) is 10.0. The normalized spacial score (nSPS) is 18.9. The lowest BCUT2D eigenvalue weighted by Crippen LogP contribution is -2.36. The number of amides is 3. The number of morpholine rings is 1. The van der Waals surface area contributed by atoms with Crippen LogP contribution in [0.3, 0.4) is 0 Å². The van der Waals surface area contributed by atoms with Gasteiger partial charge in [-0.1, -0.05) is 13.3 Å². The molecule has 2 aliphatic heterocycles. The number of anilines is 1. The van der Waals surface area contributed by atoms with Crippen LogP contribution < -0.4 is 10.2 Å². The van der Waals surface area contributed by atoms with E-state index in [0.717, 1.165) is 24.7 Å². The summed E-state index contributed by atoms with van der Waals surface area (Å²) >= 11 is 0. The van der Waals surface area contributed by atoms with Gasteiger partial charge in [0.1, 0.15) is 6.54 Å². The highest BCUT2D eigenvalue weighted by Gasteiger charge is 2.26. The van der Waals surface area contributed by atoms with Crippen LogP contribution in [0.2, 0.25) is 0 Å². The number of imidazole rings is 1. The number of hydrogen-bond acceptors (Lipinski definition) is 7. The summed E-state index contributed by atoms with van der Waals surface area (Å²) in [5, 5.41) is 2.23. The molecule has 1 unspecified atom stereocenters. The Balaban J connectivity index is 1.39. The molecule has 10 nitrogen and oxygen atoms in total. The number of hydrogen-bond donors (Lipinski definition) is 2. The first kappa shape index (κ1) is 21.6. The number of carbonyl (C=O) groups excluding carboxylic acids is 2. The number of ether oxygens (including phenoxy) is 1. The van der Waals surface area contributed by atoms with Crippen LogP contribution in [0.15, 0.2) is 6.20 Å². The van der Waals surface area contributed by atoms with Gasteiger partial charge in [0.15, 0.2) is 9.84 Å². The van der Waals surface area contributed by atoms with Crippen molar-refractivity contribution in [2.24, 2.45) is 0 Å². The summed E-state index contributed by atoms with van der Waals surface area (Å²) in [6.07, 6.45) is 3.62. The third-order valence-corrected chi connectivity index (χ3v) is 7.10. The lowest BCUT2D eigenvalue weighted by Gasteiger charge is -2.26. The van der Waals surface area contributed by atoms with Crippen molar-refractivity contribution in [3.63, 3.8) is 0 Å². The van der Waals surface area contributed by atoms with E-state index in [-0.39, 0.29) is 35.9 Å². The van der Waals surface area contributed by atoms with E-state index in [1.165, 1.54) is 4.90 Å². The van der Waals surface area contributed by atoms with Crippen LogP contribution in [0, 0.1) is 0 Å². The second-order valence-electron chi connectivity index (χ2n) is 7.61. The molecule has 29 heavy (non-hydrogen) atoms. The topological polar surface area (TPSA) is 125 Å². The molecule has 1 aromatic heterocycles. The summed E-state index contributed by atoms with van der Waals surface area (Å²) in [5.74, 6) is 0.494. The van der Waals surface area contributed by atoms with Crippen molar-refractivity contribution in [3.8, 4) is 0 Å². The number of aromatic amines is 1. The number of sulfone groups is 1. The molecule has 0 bridgehead atoms. The van der Waals surface area contributed by atoms with Gasteiger partial charge in [0.05, 0.1) is 30.9 Å². The fraction of sp³-hybridized carbons (Fsp3) is 0.722. The van der Waals surface area contributed by atoms with Crippen molar-refractivity contribution >= 4 is 27.7 Å². The van der Waals surface area contributed by atoms with Crippen LogP contribution in [-0.4, -0.2) is 86.1 Å². The number of nitrogens with one attached hydrogen (secondary N) is 2. The lowest BCUT2D eigenvalue weighted by atomic mass is 10.1. The molecule has 0 saturated carbocycles. The van der Waals surface area contributed by atoms with Gasteiger partial charge >= 0.3 is 6.03 Å². The third-order valence-electron chi connectivity index (χ3n) is 5.18. The van der Waals surface area contributed by atoms with E-state index in [1.807, 2.05) is 6.92 Å². The predicted octanol–water partition coefficient (Wildman–Crippen LogP) is 0.487. The van der Waals surface area contributed by atoms with Crippen LogP contribution in [0.5, 0.6) is 0 Å². The zero-order chi connectivity index (χ0) is 20.9. The summed E-state index contributed by atoms with van der Waals surface area (Å²) in [4.78, 5) is 33.8. The Hall–Kier alpha value is -2.14. The Kier molecular flexibility index (Phi) is 7.12. The molecule has 0 aliphatic carbocycles. The largest absolute Gasteiger partial charge is 0.378 e. The quantitative estimate of drug-likeness (QED) is 0.411. The summed E-state index contributed by atoms with van der Waals surface area (Å²) in [6, 6.07) is -0.368. The maximum atomic E-state index is 12.5. The second-order valence-corrected chi connectivity index (χ2v) is 9.84. The number of aromatic nitrogens is 2. The van der Waals surface area contributed by atoms with E-state index in [9.17, 15) is 18.0 Å². The second kappa shape index (κ2) is 9.57. The van der Waals surface area contributed by atoms with Gasteiger partial charge in [0.25, 0.3) is 0 Å². The average Bonchev–Trinajstić information content (AvgIpc) is 3.28. The zero-order valence-electron chi connectivity index (χ0n) is 16.7. The Morgan fingerprint density at radius 1 is 1.21 bits per heavy atom. The number of urea groups is 1. The van der Waals surface area contributed by atoms with Gasteiger partial charge in [-0.25, -0.2) is 18.2 Å². The fourth-order valence-electron chi connectivity index (χ4n) is 3.53. The van der Waals surface area contributed by atoms with Crippen molar-refractivity contribution < 1.29 is 22.7 Å². The predicted molar refractivity (Wildman–Crippen MR) is 108 cm³/mol. The molecule has 0 spiro atoms. The molecule has 1 atom stereocenters. The summed E-state index contributed by atoms with van der Waals surface area (Å²) in [7, 11) is -3.19. The van der Waals surface area contributed by atoms with Gasteiger partial charge in [-0.3, -0.25) is 10.1 Å². The van der Waals surface area contributed by atoms with Crippen molar-refractivity contribution in [1.29, 1.82) is 0 Å². The first-order chi connectivity index (χ1) is 13.8. The maximum Gasteiger partial charge on any atom is 0.324 e. The highest BCUT2D eigenvalue weighted by Crippen LogP contribution is 2.20. The van der Waals surface area contributed by atoms with Crippen molar-refractivity contribution in [3.05, 3.63) is 11.9 Å². The molecular weight excluding hydrogens is 398 g/mol. The minimum absolute atomic E-state index is 0.0702. The fourth-order valence-corrected chi connectivity index (χ4v) is 5.28. The molecule has 2 fully saturated rings. The highest BCUT2D eigenvalue weighted by atomic mass is 32.2. The molecule has 3 heterocycles. The number of rotatable bonds is 10. The molecule has 2 aliphatic rings. The Bertz CT molecular complexity index is 818. The number of H-pyrrole nitrogens is 1. The molecule has 0 aromatic carbocycles. The number of imide groups is 1. The van der Waals surface area contributed by atoms with E-state index in [2.05, 4.69) is 20.2 Å². The van der Waals surface area contributed by atoms with Crippen LogP contribution in [0.1, 0.15) is 37.8 Å². The van der Waals surface area contributed by atoms with Crippen LogP contribution in [0.25, 0.3) is 0 Å². The van der Waals surface area contributed by atoms with Gasteiger partial charge in [0, 0.05) is 31.2 Å². The minimum atomic E-state index is -3.19. The van der Waals surface area contributed by atoms with E-state index < -0.39 is 9.84 Å². The van der Waals surface area contributed by atoms with E-state index in [1.54, 1.807) is 6.20 Å². The summed E-state index contributed by atoms with van der Waals surface area (Å²) < 4.78 is 30.2. The monoisotopic (exact) mass is 427 g/mol. The Morgan fingerprint density at radius 2 is 1.97 bits per heavy atom. The zero-order valence-corrected chi connectivity index (χ0v) is 17.5. The summed E-state index contributed by atoms with van der Waals surface area (Å²) in [5.41, 5.74) is 0.819. The number of nitrogens with zero attached hydrogens (tertiary/aromatic N) is 3. The van der Waals surface area contributed by atoms with Crippen LogP contribution in [-0.2, 0) is 19.4 Å². The van der Waals surface area contributed by atoms with Crippen molar-refractivity contribution in [1.82, 2.24) is 20.2 Å². The maximum absolute atomic E-state index is 12.5. The summed E-state index contributed by atoms with van der Waals surface area (Å²) in [6.45, 7) is 5.31. The smallest absolute Gasteiger partial charge is 0.324 e. The number of unbranched alkanes of at least 4 members (excludes halogenated alkanes) is 2. The van der Waals surface area contributed by atoms with Crippen LogP contribution >= 0.6 is 0 Å². The van der Waals surface area contributed by atoms with Gasteiger partial charge in [-0.05, 0) is 12.8 Å². The van der Waals surface area contributed by atoms with Crippen molar-refractivity contribution in [2.75, 3.05) is 55.8 Å². The van der Waals surface area contributed by atoms with E-state index in [4.69, 9.17) is 4.74 Å². The molecule has 2 saturated heterocycles. The first-order valence-corrected chi connectivity index (χ1v) is 11.8.